The van der Waals surface area contributed by atoms with E-state index < -0.39 is 23.4 Å². The smallest absolute Gasteiger partial charge is 0.226 e. The molecule has 0 radical (unpaired) electrons. The molecule has 7 heteroatoms. The lowest BCUT2D eigenvalue weighted by Crippen LogP contribution is -2.32. The highest BCUT2D eigenvalue weighted by Crippen LogP contribution is 2.17. The molecule has 0 unspecified atom stereocenters. The maximum atomic E-state index is 13.5. The second-order valence-corrected chi connectivity index (χ2v) is 5.07. The highest BCUT2D eigenvalue weighted by Gasteiger charge is 2.14. The molecule has 24 heavy (non-hydrogen) atoms. The van der Waals surface area contributed by atoms with E-state index in [-0.39, 0.29) is 24.6 Å². The van der Waals surface area contributed by atoms with Crippen molar-refractivity contribution in [3.63, 3.8) is 0 Å². The maximum absolute atomic E-state index is 13.5. The first-order chi connectivity index (χ1) is 11.4. The monoisotopic (exact) mass is 336 g/mol. The Kier molecular flexibility index (Phi) is 5.57. The van der Waals surface area contributed by atoms with Crippen LogP contribution >= 0.6 is 0 Å². The van der Waals surface area contributed by atoms with Gasteiger partial charge in [-0.15, -0.1) is 0 Å². The van der Waals surface area contributed by atoms with Crippen LogP contribution < -0.4 is 10.2 Å². The Morgan fingerprint density at radius 1 is 1.00 bits per heavy atom. The third-order valence-electron chi connectivity index (χ3n) is 3.29. The van der Waals surface area contributed by atoms with Crippen LogP contribution in [0.25, 0.3) is 0 Å². The van der Waals surface area contributed by atoms with Crippen LogP contribution in [0.3, 0.4) is 0 Å². The summed E-state index contributed by atoms with van der Waals surface area (Å²) in [5, 5.41) is 2.31. The molecule has 2 aromatic rings. The molecular formula is C17H15F3N2O2. The van der Waals surface area contributed by atoms with E-state index in [2.05, 4.69) is 5.32 Å². The van der Waals surface area contributed by atoms with E-state index in [9.17, 15) is 22.8 Å². The molecule has 0 bridgehead atoms. The normalized spacial score (nSPS) is 10.3. The summed E-state index contributed by atoms with van der Waals surface area (Å²) in [5.74, 6) is -2.92. The molecule has 0 aliphatic heterocycles. The van der Waals surface area contributed by atoms with Gasteiger partial charge in [0, 0.05) is 31.6 Å². The molecule has 0 heterocycles. The fourth-order valence-electron chi connectivity index (χ4n) is 2.11. The number of hydrogen-bond donors (Lipinski definition) is 1. The fraction of sp³-hybridized carbons (Fsp3) is 0.176. The van der Waals surface area contributed by atoms with Crippen LogP contribution in [-0.2, 0) is 9.59 Å². The zero-order valence-corrected chi connectivity index (χ0v) is 12.9. The predicted molar refractivity (Wildman–Crippen MR) is 84.0 cm³/mol. The van der Waals surface area contributed by atoms with Crippen molar-refractivity contribution in [2.45, 2.75) is 13.3 Å². The highest BCUT2D eigenvalue weighted by atomic mass is 19.1. The van der Waals surface area contributed by atoms with E-state index in [0.29, 0.717) is 11.8 Å². The number of amides is 2. The van der Waals surface area contributed by atoms with Crippen LogP contribution in [0.4, 0.5) is 24.5 Å². The number of hydrogen-bond acceptors (Lipinski definition) is 2. The number of nitrogens with one attached hydrogen (secondary N) is 1. The molecule has 0 aliphatic rings. The van der Waals surface area contributed by atoms with Gasteiger partial charge in [-0.05, 0) is 36.4 Å². The molecular weight excluding hydrogens is 321 g/mol. The number of carbonyl (C=O) groups is 2. The molecule has 2 aromatic carbocycles. The molecule has 4 nitrogen and oxygen atoms in total. The minimum atomic E-state index is -0.884. The van der Waals surface area contributed by atoms with Gasteiger partial charge in [-0.25, -0.2) is 13.2 Å². The van der Waals surface area contributed by atoms with E-state index in [1.165, 1.54) is 36.1 Å². The van der Waals surface area contributed by atoms with Gasteiger partial charge in [-0.1, -0.05) is 0 Å². The van der Waals surface area contributed by atoms with Crippen molar-refractivity contribution in [3.8, 4) is 0 Å². The van der Waals surface area contributed by atoms with Crippen molar-refractivity contribution in [2.24, 2.45) is 0 Å². The van der Waals surface area contributed by atoms with Gasteiger partial charge in [-0.2, -0.15) is 0 Å². The van der Waals surface area contributed by atoms with Crippen molar-refractivity contribution in [1.29, 1.82) is 0 Å². The summed E-state index contributed by atoms with van der Waals surface area (Å²) >= 11 is 0. The Morgan fingerprint density at radius 2 is 1.62 bits per heavy atom. The summed E-state index contributed by atoms with van der Waals surface area (Å²) in [7, 11) is 0. The Bertz CT molecular complexity index is 748. The summed E-state index contributed by atoms with van der Waals surface area (Å²) in [6.07, 6.45) is -0.103. The average Bonchev–Trinajstić information content (AvgIpc) is 2.52. The van der Waals surface area contributed by atoms with Gasteiger partial charge >= 0.3 is 0 Å². The zero-order valence-electron chi connectivity index (χ0n) is 12.9. The largest absolute Gasteiger partial charge is 0.324 e. The Labute approximate surface area is 136 Å². The number of rotatable bonds is 5. The first-order valence-electron chi connectivity index (χ1n) is 7.15. The Balaban J connectivity index is 2.00. The van der Waals surface area contributed by atoms with E-state index in [1.54, 1.807) is 0 Å². The second-order valence-electron chi connectivity index (χ2n) is 5.07. The minimum Gasteiger partial charge on any atom is -0.324 e. The number of anilines is 2. The lowest BCUT2D eigenvalue weighted by atomic mass is 10.2. The summed E-state index contributed by atoms with van der Waals surface area (Å²) in [6, 6.07) is 8.07. The SMILES string of the molecule is CC(=O)N(CCC(=O)Nc1ccc(F)cc1F)c1ccc(F)cc1. The third kappa shape index (κ3) is 4.58. The van der Waals surface area contributed by atoms with Crippen molar-refractivity contribution in [3.05, 3.63) is 59.9 Å². The first-order valence-corrected chi connectivity index (χ1v) is 7.15. The summed E-state index contributed by atoms with van der Waals surface area (Å²) in [5.41, 5.74) is 0.308. The summed E-state index contributed by atoms with van der Waals surface area (Å²) < 4.78 is 39.3. The van der Waals surface area contributed by atoms with E-state index in [4.69, 9.17) is 0 Å². The summed E-state index contributed by atoms with van der Waals surface area (Å²) in [6.45, 7) is 1.36. The van der Waals surface area contributed by atoms with Crippen LogP contribution in [0.5, 0.6) is 0 Å². The molecule has 2 amide bonds. The Morgan fingerprint density at radius 3 is 2.21 bits per heavy atom. The van der Waals surface area contributed by atoms with Crippen LogP contribution in [0.2, 0.25) is 0 Å². The third-order valence-corrected chi connectivity index (χ3v) is 3.29. The molecule has 0 aliphatic carbocycles. The summed E-state index contributed by atoms with van der Waals surface area (Å²) in [4.78, 5) is 24.9. The van der Waals surface area contributed by atoms with Crippen molar-refractivity contribution in [1.82, 2.24) is 0 Å². The van der Waals surface area contributed by atoms with Crippen LogP contribution in [-0.4, -0.2) is 18.4 Å². The van der Waals surface area contributed by atoms with Crippen molar-refractivity contribution in [2.75, 3.05) is 16.8 Å². The molecule has 0 spiro atoms. The predicted octanol–water partition coefficient (Wildman–Crippen LogP) is 3.49. The lowest BCUT2D eigenvalue weighted by molar-refractivity contribution is -0.117. The van der Waals surface area contributed by atoms with Crippen molar-refractivity contribution < 1.29 is 22.8 Å². The fourth-order valence-corrected chi connectivity index (χ4v) is 2.11. The number of nitrogens with zero attached hydrogens (tertiary/aromatic N) is 1. The van der Waals surface area contributed by atoms with Gasteiger partial charge in [0.15, 0.2) is 0 Å². The van der Waals surface area contributed by atoms with Gasteiger partial charge in [0.1, 0.15) is 17.5 Å². The second kappa shape index (κ2) is 7.63. The molecule has 2 rings (SSSR count). The molecule has 0 saturated carbocycles. The number of carbonyl (C=O) groups excluding carboxylic acids is 2. The van der Waals surface area contributed by atoms with Crippen LogP contribution in [0, 0.1) is 17.5 Å². The first kappa shape index (κ1) is 17.5. The van der Waals surface area contributed by atoms with Gasteiger partial charge in [0.05, 0.1) is 5.69 Å². The quantitative estimate of drug-likeness (QED) is 0.909. The average molecular weight is 336 g/mol. The Hall–Kier alpha value is -2.83. The standard InChI is InChI=1S/C17H15F3N2O2/c1-11(23)22(14-5-2-12(18)3-6-14)9-8-17(24)21-16-7-4-13(19)10-15(16)20/h2-7,10H,8-9H2,1H3,(H,21,24). The van der Waals surface area contributed by atoms with E-state index >= 15 is 0 Å². The molecule has 0 atom stereocenters. The van der Waals surface area contributed by atoms with Gasteiger partial charge in [0.2, 0.25) is 11.8 Å². The molecule has 126 valence electrons. The molecule has 1 N–H and O–H groups in total. The van der Waals surface area contributed by atoms with Gasteiger partial charge in [-0.3, -0.25) is 9.59 Å². The number of benzene rings is 2. The molecule has 0 saturated heterocycles. The van der Waals surface area contributed by atoms with E-state index in [0.717, 1.165) is 12.1 Å². The van der Waals surface area contributed by atoms with Crippen LogP contribution in [0.1, 0.15) is 13.3 Å². The topological polar surface area (TPSA) is 49.4 Å². The number of halogens is 3. The minimum absolute atomic E-state index is 0.0373. The van der Waals surface area contributed by atoms with Gasteiger partial charge < -0.3 is 10.2 Å². The van der Waals surface area contributed by atoms with E-state index in [1.807, 2.05) is 0 Å². The lowest BCUT2D eigenvalue weighted by Gasteiger charge is -2.21. The zero-order chi connectivity index (χ0) is 17.7. The molecule has 0 fully saturated rings. The van der Waals surface area contributed by atoms with Crippen LogP contribution in [0.15, 0.2) is 42.5 Å². The highest BCUT2D eigenvalue weighted by molar-refractivity contribution is 5.94. The molecule has 0 aromatic heterocycles. The maximum Gasteiger partial charge on any atom is 0.226 e. The van der Waals surface area contributed by atoms with Gasteiger partial charge in [0.25, 0.3) is 0 Å². The van der Waals surface area contributed by atoms with Crippen molar-refractivity contribution >= 4 is 23.2 Å².